The third-order valence-electron chi connectivity index (χ3n) is 4.29. The van der Waals surface area contributed by atoms with Gasteiger partial charge in [0.15, 0.2) is 0 Å². The topological polar surface area (TPSA) is 15.3 Å². The summed E-state index contributed by atoms with van der Waals surface area (Å²) in [5.74, 6) is 0.656. The molecule has 0 aliphatic carbocycles. The van der Waals surface area contributed by atoms with Gasteiger partial charge in [-0.3, -0.25) is 0 Å². The van der Waals surface area contributed by atoms with Gasteiger partial charge in [-0.05, 0) is 62.7 Å². The van der Waals surface area contributed by atoms with Crippen molar-refractivity contribution in [2.45, 2.75) is 58.5 Å². The first kappa shape index (κ1) is 16.0. The van der Waals surface area contributed by atoms with Crippen LogP contribution in [-0.2, 0) is 0 Å². The molecule has 2 heterocycles. The first-order valence-corrected chi connectivity index (χ1v) is 9.10. The SMILES string of the molecule is CCCN1CCCC(NC(c2cccs2)C(C)C)CC1. The predicted octanol–water partition coefficient (Wildman–Crippen LogP) is 4.30. The van der Waals surface area contributed by atoms with Crippen molar-refractivity contribution < 1.29 is 0 Å². The van der Waals surface area contributed by atoms with Crippen LogP contribution < -0.4 is 5.32 Å². The van der Waals surface area contributed by atoms with Crippen molar-refractivity contribution in [2.24, 2.45) is 5.92 Å². The Balaban J connectivity index is 1.91. The summed E-state index contributed by atoms with van der Waals surface area (Å²) < 4.78 is 0. The van der Waals surface area contributed by atoms with Crippen LogP contribution in [0.2, 0.25) is 0 Å². The van der Waals surface area contributed by atoms with E-state index >= 15 is 0 Å². The van der Waals surface area contributed by atoms with Crippen molar-refractivity contribution in [1.82, 2.24) is 10.2 Å². The molecule has 1 N–H and O–H groups in total. The summed E-state index contributed by atoms with van der Waals surface area (Å²) in [6, 6.07) is 5.67. The number of nitrogens with one attached hydrogen (secondary N) is 1. The molecule has 3 heteroatoms. The van der Waals surface area contributed by atoms with E-state index in [9.17, 15) is 0 Å². The summed E-state index contributed by atoms with van der Waals surface area (Å²) in [7, 11) is 0. The van der Waals surface area contributed by atoms with E-state index in [-0.39, 0.29) is 0 Å². The van der Waals surface area contributed by atoms with Gasteiger partial charge in [0, 0.05) is 17.0 Å². The predicted molar refractivity (Wildman–Crippen MR) is 89.4 cm³/mol. The zero-order valence-electron chi connectivity index (χ0n) is 13.3. The lowest BCUT2D eigenvalue weighted by atomic mass is 9.99. The second-order valence-corrected chi connectivity index (χ2v) is 7.35. The first-order valence-electron chi connectivity index (χ1n) is 8.22. The normalized spacial score (nSPS) is 22.9. The second kappa shape index (κ2) is 8.16. The lowest BCUT2D eigenvalue weighted by Gasteiger charge is -2.27. The van der Waals surface area contributed by atoms with Crippen LogP contribution >= 0.6 is 11.3 Å². The van der Waals surface area contributed by atoms with Crippen LogP contribution in [0.4, 0.5) is 0 Å². The van der Waals surface area contributed by atoms with Gasteiger partial charge >= 0.3 is 0 Å². The number of hydrogen-bond acceptors (Lipinski definition) is 3. The van der Waals surface area contributed by atoms with E-state index in [0.717, 1.165) is 0 Å². The fourth-order valence-electron chi connectivity index (χ4n) is 3.19. The molecular formula is C17H30N2S. The van der Waals surface area contributed by atoms with E-state index < -0.39 is 0 Å². The van der Waals surface area contributed by atoms with Gasteiger partial charge in [0.05, 0.1) is 0 Å². The quantitative estimate of drug-likeness (QED) is 0.841. The van der Waals surface area contributed by atoms with Crippen molar-refractivity contribution in [1.29, 1.82) is 0 Å². The largest absolute Gasteiger partial charge is 0.306 e. The Kier molecular flexibility index (Phi) is 6.53. The molecule has 0 saturated carbocycles. The maximum atomic E-state index is 3.94. The summed E-state index contributed by atoms with van der Waals surface area (Å²) in [6.07, 6.45) is 5.25. The zero-order chi connectivity index (χ0) is 14.4. The molecule has 2 atom stereocenters. The molecule has 0 spiro atoms. The van der Waals surface area contributed by atoms with Crippen molar-refractivity contribution in [3.8, 4) is 0 Å². The highest BCUT2D eigenvalue weighted by molar-refractivity contribution is 7.10. The Labute approximate surface area is 128 Å². The van der Waals surface area contributed by atoms with Crippen molar-refractivity contribution in [3.63, 3.8) is 0 Å². The molecular weight excluding hydrogens is 264 g/mol. The van der Waals surface area contributed by atoms with Crippen LogP contribution in [0, 0.1) is 5.92 Å². The lowest BCUT2D eigenvalue weighted by molar-refractivity contribution is 0.278. The van der Waals surface area contributed by atoms with E-state index in [0.29, 0.717) is 18.0 Å². The van der Waals surface area contributed by atoms with Gasteiger partial charge in [-0.25, -0.2) is 0 Å². The molecule has 0 amide bonds. The second-order valence-electron chi connectivity index (χ2n) is 6.37. The molecule has 1 saturated heterocycles. The number of hydrogen-bond donors (Lipinski definition) is 1. The van der Waals surface area contributed by atoms with Crippen LogP contribution in [0.1, 0.15) is 57.4 Å². The number of likely N-dealkylation sites (tertiary alicyclic amines) is 1. The fourth-order valence-corrected chi connectivity index (χ4v) is 4.15. The molecule has 0 aromatic carbocycles. The molecule has 0 radical (unpaired) electrons. The summed E-state index contributed by atoms with van der Waals surface area (Å²) in [5, 5.41) is 6.14. The molecule has 0 bridgehead atoms. The summed E-state index contributed by atoms with van der Waals surface area (Å²) in [6.45, 7) is 10.8. The minimum absolute atomic E-state index is 0.526. The first-order chi connectivity index (χ1) is 9.70. The highest BCUT2D eigenvalue weighted by Gasteiger charge is 2.23. The molecule has 1 fully saturated rings. The van der Waals surface area contributed by atoms with Gasteiger partial charge in [-0.15, -0.1) is 11.3 Å². The average Bonchev–Trinajstić information content (AvgIpc) is 2.85. The highest BCUT2D eigenvalue weighted by Crippen LogP contribution is 2.27. The summed E-state index contributed by atoms with van der Waals surface area (Å²) in [4.78, 5) is 4.13. The molecule has 1 aromatic rings. The molecule has 1 aliphatic heterocycles. The van der Waals surface area contributed by atoms with E-state index in [1.165, 1.54) is 50.2 Å². The monoisotopic (exact) mass is 294 g/mol. The van der Waals surface area contributed by atoms with Crippen molar-refractivity contribution >= 4 is 11.3 Å². The fraction of sp³-hybridized carbons (Fsp3) is 0.765. The van der Waals surface area contributed by atoms with Gasteiger partial charge < -0.3 is 10.2 Å². The van der Waals surface area contributed by atoms with Gasteiger partial charge in [-0.1, -0.05) is 26.8 Å². The van der Waals surface area contributed by atoms with Gasteiger partial charge in [0.2, 0.25) is 0 Å². The Morgan fingerprint density at radius 1 is 1.35 bits per heavy atom. The van der Waals surface area contributed by atoms with Gasteiger partial charge in [0.1, 0.15) is 0 Å². The highest BCUT2D eigenvalue weighted by atomic mass is 32.1. The Morgan fingerprint density at radius 2 is 2.20 bits per heavy atom. The maximum Gasteiger partial charge on any atom is 0.0440 e. The Bertz CT molecular complexity index is 361. The molecule has 20 heavy (non-hydrogen) atoms. The summed E-state index contributed by atoms with van der Waals surface area (Å²) in [5.41, 5.74) is 0. The van der Waals surface area contributed by atoms with Crippen LogP contribution in [0.3, 0.4) is 0 Å². The zero-order valence-corrected chi connectivity index (χ0v) is 14.1. The minimum Gasteiger partial charge on any atom is -0.306 e. The molecule has 2 rings (SSSR count). The lowest BCUT2D eigenvalue weighted by Crippen LogP contribution is -2.36. The standard InChI is InChI=1S/C17H30N2S/c1-4-10-19-11-5-7-15(9-12-19)18-17(14(2)3)16-8-6-13-20-16/h6,8,13-15,17-18H,4-5,7,9-12H2,1-3H3. The average molecular weight is 295 g/mol. The van der Waals surface area contributed by atoms with Gasteiger partial charge in [-0.2, -0.15) is 0 Å². The minimum atomic E-state index is 0.526. The summed E-state index contributed by atoms with van der Waals surface area (Å²) >= 11 is 1.89. The van der Waals surface area contributed by atoms with Crippen molar-refractivity contribution in [2.75, 3.05) is 19.6 Å². The van der Waals surface area contributed by atoms with Gasteiger partial charge in [0.25, 0.3) is 0 Å². The molecule has 1 aromatic heterocycles. The third kappa shape index (κ3) is 4.57. The number of nitrogens with zero attached hydrogens (tertiary/aromatic N) is 1. The van der Waals surface area contributed by atoms with E-state index in [1.807, 2.05) is 11.3 Å². The Morgan fingerprint density at radius 3 is 2.85 bits per heavy atom. The smallest absolute Gasteiger partial charge is 0.0440 e. The molecule has 2 nitrogen and oxygen atoms in total. The number of rotatable bonds is 6. The van der Waals surface area contributed by atoms with E-state index in [4.69, 9.17) is 0 Å². The molecule has 2 unspecified atom stereocenters. The molecule has 114 valence electrons. The third-order valence-corrected chi connectivity index (χ3v) is 5.25. The van der Waals surface area contributed by atoms with E-state index in [2.05, 4.69) is 48.5 Å². The van der Waals surface area contributed by atoms with Crippen LogP contribution in [0.25, 0.3) is 0 Å². The maximum absolute atomic E-state index is 3.94. The van der Waals surface area contributed by atoms with Crippen LogP contribution in [-0.4, -0.2) is 30.6 Å². The number of thiophene rings is 1. The van der Waals surface area contributed by atoms with Crippen LogP contribution in [0.5, 0.6) is 0 Å². The Hall–Kier alpha value is -0.380. The van der Waals surface area contributed by atoms with Crippen molar-refractivity contribution in [3.05, 3.63) is 22.4 Å². The van der Waals surface area contributed by atoms with Crippen LogP contribution in [0.15, 0.2) is 17.5 Å². The molecule has 1 aliphatic rings. The van der Waals surface area contributed by atoms with E-state index in [1.54, 1.807) is 0 Å².